The molecule has 0 aliphatic heterocycles. The van der Waals surface area contributed by atoms with E-state index in [2.05, 4.69) is 0 Å². The van der Waals surface area contributed by atoms with Crippen LogP contribution in [0.4, 0.5) is 0 Å². The molecule has 0 saturated heterocycles. The molecule has 0 aliphatic carbocycles. The van der Waals surface area contributed by atoms with Gasteiger partial charge in [-0.05, 0) is 0 Å². The molecule has 14 heavy (non-hydrogen) atoms. The molecule has 0 spiro atoms. The molecule has 2 N–H and O–H groups in total. The van der Waals surface area contributed by atoms with E-state index in [1.807, 2.05) is 0 Å². The zero-order chi connectivity index (χ0) is 9.19. The van der Waals surface area contributed by atoms with Gasteiger partial charge in [-0.2, -0.15) is 0 Å². The molecule has 0 heterocycles. The molecule has 0 unspecified atom stereocenters. The first-order valence-corrected chi connectivity index (χ1v) is 5.30. The fourth-order valence-corrected chi connectivity index (χ4v) is 1.81. The van der Waals surface area contributed by atoms with Crippen molar-refractivity contribution in [3.8, 4) is 0 Å². The van der Waals surface area contributed by atoms with Gasteiger partial charge in [0, 0.05) is 0 Å². The number of hydrogen-bond acceptors (Lipinski definition) is 4. The molecule has 1 rings (SSSR count). The molecule has 0 atom stereocenters. The molecule has 0 aliphatic rings. The zero-order valence-electron chi connectivity index (χ0n) is 7.71. The van der Waals surface area contributed by atoms with Crippen LogP contribution in [0.15, 0.2) is 29.2 Å². The average Bonchev–Trinajstić information content (AvgIpc) is 2.05. The van der Waals surface area contributed by atoms with Crippen molar-refractivity contribution >= 4 is 23.1 Å². The molecule has 6 heteroatoms. The maximum Gasteiger partial charge on any atom is -0.870 e. The number of sulfone groups is 1. The van der Waals surface area contributed by atoms with Crippen LogP contribution in [-0.4, -0.2) is 33.0 Å². The van der Waals surface area contributed by atoms with Crippen molar-refractivity contribution in [2.45, 2.75) is 11.8 Å². The molecule has 0 bridgehead atoms. The zero-order valence-corrected chi connectivity index (χ0v) is 8.53. The van der Waals surface area contributed by atoms with E-state index in [0.29, 0.717) is 10.4 Å². The van der Waals surface area contributed by atoms with Crippen LogP contribution in [0.25, 0.3) is 0 Å². The average molecular weight is 214 g/mol. The first kappa shape index (κ1) is 15.6. The van der Waals surface area contributed by atoms with Crippen LogP contribution >= 0.6 is 0 Å². The summed E-state index contributed by atoms with van der Waals surface area (Å²) in [7, 11) is 2.34. The van der Waals surface area contributed by atoms with Crippen molar-refractivity contribution in [2.24, 2.45) is 0 Å². The minimum Gasteiger partial charge on any atom is -0.870 e. The van der Waals surface area contributed by atoms with Crippen molar-refractivity contribution in [1.29, 1.82) is 0 Å². The van der Waals surface area contributed by atoms with Gasteiger partial charge in [-0.1, -0.05) is 0 Å². The van der Waals surface area contributed by atoms with Gasteiger partial charge >= 0.3 is 73.4 Å². The number of hydrogen-bond donors (Lipinski definition) is 0. The van der Waals surface area contributed by atoms with Gasteiger partial charge in [0.25, 0.3) is 0 Å². The third-order valence-corrected chi connectivity index (χ3v) is 3.33. The molecular formula is C8H11BO4S. The molecular weight excluding hydrogens is 203 g/mol. The normalized spacial score (nSPS) is 9.93. The molecule has 0 aromatic heterocycles. The number of benzene rings is 1. The summed E-state index contributed by atoms with van der Waals surface area (Å²) >= 11 is 0. The summed E-state index contributed by atoms with van der Waals surface area (Å²) in [5.41, 5.74) is 0.476. The van der Waals surface area contributed by atoms with E-state index in [0.717, 1.165) is 0 Å². The summed E-state index contributed by atoms with van der Waals surface area (Å²) in [6.45, 7) is 1.61. The summed E-state index contributed by atoms with van der Waals surface area (Å²) in [6, 6.07) is 6.32. The van der Waals surface area contributed by atoms with E-state index < -0.39 is 9.84 Å². The van der Waals surface area contributed by atoms with E-state index in [-0.39, 0.29) is 16.7 Å². The predicted octanol–water partition coefficient (Wildman–Crippen LogP) is -0.0796. The Labute approximate surface area is 84.9 Å². The Bertz CT molecular complexity index is 375. The van der Waals surface area contributed by atoms with Gasteiger partial charge in [-0.15, -0.1) is 0 Å². The van der Waals surface area contributed by atoms with Gasteiger partial charge in [0.05, 0.1) is 0 Å². The van der Waals surface area contributed by atoms with Crippen molar-refractivity contribution in [1.82, 2.24) is 0 Å². The third kappa shape index (κ3) is 3.49. The summed E-state index contributed by atoms with van der Waals surface area (Å²) in [6.07, 6.45) is 0. The molecule has 0 radical (unpaired) electrons. The summed E-state index contributed by atoms with van der Waals surface area (Å²) in [4.78, 5) is 0.296. The fourth-order valence-electron chi connectivity index (χ4n) is 0.875. The standard InChI is InChI=1S/C8H9BO2S.2H2O/c1-2-12(10,11)8-5-3-4-7(9)6-8;;/h3-6H,2H2,1H3;2*1H2/q+2;;/p-2. The molecule has 76 valence electrons. The van der Waals surface area contributed by atoms with Crippen molar-refractivity contribution in [3.05, 3.63) is 24.3 Å². The maximum atomic E-state index is 11.3. The van der Waals surface area contributed by atoms with Gasteiger partial charge in [0.2, 0.25) is 0 Å². The van der Waals surface area contributed by atoms with Gasteiger partial charge in [-0.25, -0.2) is 0 Å². The fraction of sp³-hybridized carbons (Fsp3) is 0.250. The molecule has 0 amide bonds. The largest absolute Gasteiger partial charge is 0.870 e. The van der Waals surface area contributed by atoms with Gasteiger partial charge in [-0.3, -0.25) is 0 Å². The van der Waals surface area contributed by atoms with E-state index in [9.17, 15) is 8.42 Å². The third-order valence-electron chi connectivity index (χ3n) is 1.60. The van der Waals surface area contributed by atoms with Gasteiger partial charge in [0.1, 0.15) is 0 Å². The second-order valence-electron chi connectivity index (χ2n) is 2.48. The van der Waals surface area contributed by atoms with Crippen molar-refractivity contribution < 1.29 is 19.4 Å². The van der Waals surface area contributed by atoms with Gasteiger partial charge in [0.15, 0.2) is 0 Å². The molecule has 0 saturated carbocycles. The van der Waals surface area contributed by atoms with Crippen LogP contribution in [0.2, 0.25) is 0 Å². The monoisotopic (exact) mass is 214 g/mol. The Balaban J connectivity index is 0. The molecule has 1 aromatic carbocycles. The summed E-state index contributed by atoms with van der Waals surface area (Å²) < 4.78 is 22.6. The van der Waals surface area contributed by atoms with Crippen molar-refractivity contribution in [3.63, 3.8) is 0 Å². The quantitative estimate of drug-likeness (QED) is 0.643. The second kappa shape index (κ2) is 5.80. The SMILES string of the molecule is [B+2]c1cccc(S(=O)(=O)CC)c1.[OH-].[OH-]. The topological polar surface area (TPSA) is 94.1 Å². The molecule has 4 nitrogen and oxygen atoms in total. The Morgan fingerprint density at radius 3 is 2.29 bits per heavy atom. The minimum atomic E-state index is -3.10. The van der Waals surface area contributed by atoms with Crippen LogP contribution in [0, 0.1) is 0 Å². The van der Waals surface area contributed by atoms with E-state index >= 15 is 0 Å². The summed E-state index contributed by atoms with van der Waals surface area (Å²) in [5.74, 6) is 0.108. The Hall–Kier alpha value is -0.845. The van der Waals surface area contributed by atoms with Crippen LogP contribution < -0.4 is 5.46 Å². The number of rotatable bonds is 2. The first-order valence-electron chi connectivity index (χ1n) is 3.64. The smallest absolute Gasteiger partial charge is 0.870 e. The second-order valence-corrected chi connectivity index (χ2v) is 4.75. The first-order chi connectivity index (χ1) is 5.56. The van der Waals surface area contributed by atoms with Gasteiger partial charge < -0.3 is 11.0 Å². The Morgan fingerprint density at radius 1 is 1.29 bits per heavy atom. The van der Waals surface area contributed by atoms with Crippen molar-refractivity contribution in [2.75, 3.05) is 5.75 Å². The van der Waals surface area contributed by atoms with E-state index in [1.54, 1.807) is 25.1 Å². The van der Waals surface area contributed by atoms with Crippen LogP contribution in [0.5, 0.6) is 0 Å². The van der Waals surface area contributed by atoms with E-state index in [1.165, 1.54) is 6.07 Å². The van der Waals surface area contributed by atoms with Crippen LogP contribution in [0.1, 0.15) is 6.92 Å². The van der Waals surface area contributed by atoms with Crippen LogP contribution in [-0.2, 0) is 9.84 Å². The Kier molecular flexibility index (Phi) is 6.47. The minimum absolute atomic E-state index is 0. The maximum absolute atomic E-state index is 11.3. The Morgan fingerprint density at radius 2 is 1.86 bits per heavy atom. The predicted molar refractivity (Wildman–Crippen MR) is 53.4 cm³/mol. The molecule has 1 aromatic rings. The van der Waals surface area contributed by atoms with Crippen LogP contribution in [0.3, 0.4) is 0 Å². The molecule has 0 fully saturated rings. The summed E-state index contributed by atoms with van der Waals surface area (Å²) in [5, 5.41) is 0. The van der Waals surface area contributed by atoms with E-state index in [4.69, 9.17) is 7.85 Å².